The van der Waals surface area contributed by atoms with Crippen LogP contribution in [0.3, 0.4) is 0 Å². The Kier molecular flexibility index (Phi) is 8.33. The van der Waals surface area contributed by atoms with Crippen molar-refractivity contribution in [1.82, 2.24) is 20.4 Å². The van der Waals surface area contributed by atoms with Crippen LogP contribution in [0.1, 0.15) is 25.5 Å². The molecule has 2 N–H and O–H groups in total. The third-order valence-corrected chi connectivity index (χ3v) is 4.54. The van der Waals surface area contributed by atoms with Crippen molar-refractivity contribution in [3.8, 4) is 5.69 Å². The van der Waals surface area contributed by atoms with Crippen molar-refractivity contribution >= 4 is 5.96 Å². The van der Waals surface area contributed by atoms with Crippen LogP contribution in [-0.4, -0.2) is 55.3 Å². The topological polar surface area (TPSA) is 72.7 Å². The molecule has 3 rings (SSSR count). The van der Waals surface area contributed by atoms with Gasteiger partial charge in [-0.25, -0.2) is 9.67 Å². The average molecular weight is 386 g/mol. The van der Waals surface area contributed by atoms with Gasteiger partial charge in [-0.3, -0.25) is 0 Å². The number of hydrogen-bond acceptors (Lipinski definition) is 4. The number of rotatable bonds is 10. The number of para-hydroxylation sites is 1. The zero-order valence-electron chi connectivity index (χ0n) is 16.6. The summed E-state index contributed by atoms with van der Waals surface area (Å²) in [7, 11) is 0. The highest BCUT2D eigenvalue weighted by molar-refractivity contribution is 5.79. The molecule has 7 heteroatoms. The zero-order valence-corrected chi connectivity index (χ0v) is 16.6. The summed E-state index contributed by atoms with van der Waals surface area (Å²) < 4.78 is 13.0. The van der Waals surface area contributed by atoms with Crippen LogP contribution in [0.2, 0.25) is 0 Å². The Bertz CT molecular complexity index is 711. The molecule has 152 valence electrons. The van der Waals surface area contributed by atoms with E-state index in [4.69, 9.17) is 9.47 Å². The summed E-state index contributed by atoms with van der Waals surface area (Å²) in [6.07, 6.45) is 4.03. The molecule has 1 aliphatic rings. The van der Waals surface area contributed by atoms with Crippen LogP contribution in [0.25, 0.3) is 5.69 Å². The maximum absolute atomic E-state index is 5.74. The van der Waals surface area contributed by atoms with Gasteiger partial charge >= 0.3 is 0 Å². The maximum atomic E-state index is 5.74. The number of benzene rings is 1. The van der Waals surface area contributed by atoms with Crippen LogP contribution in [0.4, 0.5) is 0 Å². The lowest BCUT2D eigenvalue weighted by atomic mass is 10.1. The Morgan fingerprint density at radius 3 is 2.96 bits per heavy atom. The van der Waals surface area contributed by atoms with E-state index in [0.717, 1.165) is 69.7 Å². The summed E-state index contributed by atoms with van der Waals surface area (Å²) in [5.74, 6) is 1.38. The first-order valence-corrected chi connectivity index (χ1v) is 10.1. The maximum Gasteiger partial charge on any atom is 0.191 e. The van der Waals surface area contributed by atoms with E-state index in [1.807, 2.05) is 47.3 Å². The molecule has 2 aromatic rings. The molecular formula is C21H31N5O2. The monoisotopic (exact) mass is 385 g/mol. The van der Waals surface area contributed by atoms with Crippen LogP contribution in [0, 0.1) is 5.92 Å². The highest BCUT2D eigenvalue weighted by Gasteiger charge is 2.15. The SMILES string of the molecule is CCNC(=NCc1ccn(-c2ccccc2)n1)NCCCOCC1CCOC1. The van der Waals surface area contributed by atoms with Gasteiger partial charge in [0.1, 0.15) is 0 Å². The van der Waals surface area contributed by atoms with Gasteiger partial charge in [0.25, 0.3) is 0 Å². The number of nitrogens with one attached hydrogen (secondary N) is 2. The number of guanidine groups is 1. The third kappa shape index (κ3) is 6.65. The molecule has 0 aliphatic carbocycles. The molecule has 1 saturated heterocycles. The molecule has 0 bridgehead atoms. The molecule has 0 saturated carbocycles. The quantitative estimate of drug-likeness (QED) is 0.373. The first kappa shape index (κ1) is 20.4. The molecule has 1 aromatic carbocycles. The summed E-state index contributed by atoms with van der Waals surface area (Å²) in [6.45, 7) is 7.52. The normalized spacial score (nSPS) is 17.0. The minimum absolute atomic E-state index is 0.535. The molecule has 1 unspecified atom stereocenters. The number of nitrogens with zero attached hydrogens (tertiary/aromatic N) is 3. The van der Waals surface area contributed by atoms with Crippen LogP contribution < -0.4 is 10.6 Å². The Balaban J connectivity index is 1.39. The van der Waals surface area contributed by atoms with Gasteiger partial charge in [-0.2, -0.15) is 5.10 Å². The highest BCUT2D eigenvalue weighted by Crippen LogP contribution is 2.12. The number of ether oxygens (including phenoxy) is 2. The first-order chi connectivity index (χ1) is 13.8. The summed E-state index contributed by atoms with van der Waals surface area (Å²) in [5.41, 5.74) is 1.98. The van der Waals surface area contributed by atoms with Gasteiger partial charge in [-0.15, -0.1) is 0 Å². The van der Waals surface area contributed by atoms with Crippen LogP contribution in [-0.2, 0) is 16.0 Å². The van der Waals surface area contributed by atoms with E-state index < -0.39 is 0 Å². The molecule has 1 atom stereocenters. The Morgan fingerprint density at radius 1 is 1.29 bits per heavy atom. The average Bonchev–Trinajstić information content (AvgIpc) is 3.41. The molecule has 1 aromatic heterocycles. The molecule has 1 fully saturated rings. The molecular weight excluding hydrogens is 354 g/mol. The van der Waals surface area contributed by atoms with Crippen molar-refractivity contribution in [2.45, 2.75) is 26.3 Å². The van der Waals surface area contributed by atoms with Gasteiger partial charge in [0.05, 0.1) is 31.1 Å². The molecule has 0 amide bonds. The molecule has 0 spiro atoms. The highest BCUT2D eigenvalue weighted by atomic mass is 16.5. The van der Waals surface area contributed by atoms with Crippen molar-refractivity contribution in [2.75, 3.05) is 39.5 Å². The Morgan fingerprint density at radius 2 is 2.18 bits per heavy atom. The van der Waals surface area contributed by atoms with E-state index >= 15 is 0 Å². The van der Waals surface area contributed by atoms with Crippen molar-refractivity contribution in [3.05, 3.63) is 48.3 Å². The molecule has 28 heavy (non-hydrogen) atoms. The largest absolute Gasteiger partial charge is 0.381 e. The smallest absolute Gasteiger partial charge is 0.191 e. The summed E-state index contributed by atoms with van der Waals surface area (Å²) in [5, 5.41) is 11.2. The fourth-order valence-corrected chi connectivity index (χ4v) is 3.02. The van der Waals surface area contributed by atoms with Gasteiger partial charge < -0.3 is 20.1 Å². The predicted molar refractivity (Wildman–Crippen MR) is 111 cm³/mol. The van der Waals surface area contributed by atoms with Crippen LogP contribution in [0.5, 0.6) is 0 Å². The first-order valence-electron chi connectivity index (χ1n) is 10.1. The second-order valence-electron chi connectivity index (χ2n) is 6.87. The summed E-state index contributed by atoms with van der Waals surface area (Å²) in [6, 6.07) is 12.1. The van der Waals surface area contributed by atoms with E-state index in [-0.39, 0.29) is 0 Å². The third-order valence-electron chi connectivity index (χ3n) is 4.54. The lowest BCUT2D eigenvalue weighted by Gasteiger charge is -2.12. The lowest BCUT2D eigenvalue weighted by molar-refractivity contribution is 0.0888. The second kappa shape index (κ2) is 11.5. The van der Waals surface area contributed by atoms with Gasteiger partial charge in [-0.05, 0) is 38.0 Å². The zero-order chi connectivity index (χ0) is 19.4. The van der Waals surface area contributed by atoms with Crippen molar-refractivity contribution in [1.29, 1.82) is 0 Å². The number of hydrogen-bond donors (Lipinski definition) is 2. The summed E-state index contributed by atoms with van der Waals surface area (Å²) >= 11 is 0. The number of aliphatic imine (C=N–C) groups is 1. The second-order valence-corrected chi connectivity index (χ2v) is 6.87. The Hall–Kier alpha value is -2.38. The standard InChI is InChI=1S/C21H31N5O2/c1-2-22-21(23-11-6-13-27-16-18-10-14-28-17-18)24-15-19-9-12-26(25-19)20-7-4-3-5-8-20/h3-5,7-9,12,18H,2,6,10-11,13-17H2,1H3,(H2,22,23,24). The Labute approximate surface area is 167 Å². The van der Waals surface area contributed by atoms with Crippen molar-refractivity contribution < 1.29 is 9.47 Å². The van der Waals surface area contributed by atoms with Gasteiger partial charge in [0.15, 0.2) is 5.96 Å². The van der Waals surface area contributed by atoms with Crippen molar-refractivity contribution in [3.63, 3.8) is 0 Å². The fourth-order valence-electron chi connectivity index (χ4n) is 3.02. The van der Waals surface area contributed by atoms with E-state index in [1.54, 1.807) is 0 Å². The van der Waals surface area contributed by atoms with Gasteiger partial charge in [-0.1, -0.05) is 18.2 Å². The lowest BCUT2D eigenvalue weighted by Crippen LogP contribution is -2.38. The van der Waals surface area contributed by atoms with E-state index in [9.17, 15) is 0 Å². The van der Waals surface area contributed by atoms with E-state index in [1.165, 1.54) is 0 Å². The van der Waals surface area contributed by atoms with Gasteiger partial charge in [0.2, 0.25) is 0 Å². The number of aromatic nitrogens is 2. The van der Waals surface area contributed by atoms with Crippen LogP contribution >= 0.6 is 0 Å². The molecule has 7 nitrogen and oxygen atoms in total. The van der Waals surface area contributed by atoms with Gasteiger partial charge in [0, 0.05) is 38.4 Å². The van der Waals surface area contributed by atoms with E-state index in [2.05, 4.69) is 27.6 Å². The van der Waals surface area contributed by atoms with Crippen molar-refractivity contribution in [2.24, 2.45) is 10.9 Å². The predicted octanol–water partition coefficient (Wildman–Crippen LogP) is 2.37. The fraction of sp³-hybridized carbons (Fsp3) is 0.524. The van der Waals surface area contributed by atoms with Crippen LogP contribution in [0.15, 0.2) is 47.6 Å². The molecule has 0 radical (unpaired) electrons. The molecule has 1 aliphatic heterocycles. The van der Waals surface area contributed by atoms with E-state index in [0.29, 0.717) is 12.5 Å². The molecule has 2 heterocycles. The minimum Gasteiger partial charge on any atom is -0.381 e. The summed E-state index contributed by atoms with van der Waals surface area (Å²) in [4.78, 5) is 4.63. The minimum atomic E-state index is 0.535.